The Morgan fingerprint density at radius 3 is 2.48 bits per heavy atom. The van der Waals surface area contributed by atoms with Crippen molar-refractivity contribution in [3.8, 4) is 29.6 Å². The number of amides is 1. The first-order valence-electron chi connectivity index (χ1n) is 16.9. The van der Waals surface area contributed by atoms with Gasteiger partial charge >= 0.3 is 12.0 Å². The van der Waals surface area contributed by atoms with Gasteiger partial charge in [0.1, 0.15) is 23.6 Å². The largest absolute Gasteiger partial charge is 0.481 e. The summed E-state index contributed by atoms with van der Waals surface area (Å²) in [5, 5.41) is 11.2. The van der Waals surface area contributed by atoms with E-state index in [9.17, 15) is 9.59 Å². The van der Waals surface area contributed by atoms with Crippen molar-refractivity contribution in [2.75, 3.05) is 37.7 Å². The van der Waals surface area contributed by atoms with E-state index in [-0.39, 0.29) is 53.6 Å². The number of pyridine rings is 1. The van der Waals surface area contributed by atoms with Gasteiger partial charge in [0, 0.05) is 54.3 Å². The van der Waals surface area contributed by atoms with Crippen molar-refractivity contribution in [1.29, 1.82) is 0 Å². The summed E-state index contributed by atoms with van der Waals surface area (Å²) in [6.07, 6.45) is 13.2. The van der Waals surface area contributed by atoms with E-state index in [2.05, 4.69) is 20.7 Å². The molecule has 4 aliphatic heterocycles. The van der Waals surface area contributed by atoms with Crippen LogP contribution in [0.5, 0.6) is 6.01 Å². The van der Waals surface area contributed by atoms with Crippen LogP contribution in [-0.2, 0) is 9.59 Å². The smallest absolute Gasteiger partial charge is 0.319 e. The average Bonchev–Trinajstić information content (AvgIpc) is 3.76. The molecule has 4 fully saturated rings. The van der Waals surface area contributed by atoms with E-state index in [4.69, 9.17) is 26.2 Å². The number of aliphatic carboxylic acids is 1. The highest BCUT2D eigenvalue weighted by Crippen LogP contribution is 2.41. The molecular formula is C37H37FN6O4. The van der Waals surface area contributed by atoms with Crippen LogP contribution in [0.3, 0.4) is 0 Å². The minimum Gasteiger partial charge on any atom is -0.481 e. The Hall–Kier alpha value is -4.82. The van der Waals surface area contributed by atoms with Gasteiger partial charge in [-0.3, -0.25) is 19.5 Å². The topological polar surface area (TPSA) is 112 Å². The van der Waals surface area contributed by atoms with Crippen LogP contribution in [-0.4, -0.2) is 92.1 Å². The van der Waals surface area contributed by atoms with E-state index >= 15 is 4.39 Å². The van der Waals surface area contributed by atoms with Crippen molar-refractivity contribution in [2.24, 2.45) is 0 Å². The number of carboxylic acid groups (broad SMARTS) is 1. The van der Waals surface area contributed by atoms with Crippen molar-refractivity contribution in [3.05, 3.63) is 54.0 Å². The number of piperazine rings is 1. The van der Waals surface area contributed by atoms with Crippen molar-refractivity contribution >= 4 is 39.4 Å². The third kappa shape index (κ3) is 5.10. The third-order valence-corrected chi connectivity index (χ3v) is 10.9. The summed E-state index contributed by atoms with van der Waals surface area (Å²) in [5.74, 6) is 1.56. The Morgan fingerprint density at radius 1 is 1.04 bits per heavy atom. The SMILES string of the molecule is C#Cc1cccc2cccc(-c3ncc4c(N5C[C@H]6CC[C@@H](C5)N6C(=O)CCC(=O)O)nc(OCC56CCCN5CCC6)nc4c3F)c12. The lowest BCUT2D eigenvalue weighted by Gasteiger charge is -2.42. The van der Waals surface area contributed by atoms with Gasteiger partial charge in [0.05, 0.1) is 17.3 Å². The summed E-state index contributed by atoms with van der Waals surface area (Å²) in [5.41, 5.74) is 1.46. The van der Waals surface area contributed by atoms with Gasteiger partial charge in [0.25, 0.3) is 0 Å². The molecule has 1 N–H and O–H groups in total. The molecule has 2 atom stereocenters. The fraction of sp³-hybridized carbons (Fsp3) is 0.432. The average molecular weight is 649 g/mol. The van der Waals surface area contributed by atoms with Crippen LogP contribution in [0.25, 0.3) is 32.9 Å². The molecule has 4 aromatic rings. The van der Waals surface area contributed by atoms with Crippen LogP contribution >= 0.6 is 0 Å². The fourth-order valence-corrected chi connectivity index (χ4v) is 8.66. The van der Waals surface area contributed by atoms with Crippen LogP contribution < -0.4 is 9.64 Å². The molecule has 1 amide bonds. The van der Waals surface area contributed by atoms with Crippen molar-refractivity contribution in [1.82, 2.24) is 24.8 Å². The summed E-state index contributed by atoms with van der Waals surface area (Å²) in [7, 11) is 0. The molecular weight excluding hydrogens is 611 g/mol. The van der Waals surface area contributed by atoms with Crippen LogP contribution in [0.15, 0.2) is 42.6 Å². The number of carbonyl (C=O) groups is 2. The van der Waals surface area contributed by atoms with Gasteiger partial charge in [-0.2, -0.15) is 9.97 Å². The van der Waals surface area contributed by atoms with Gasteiger partial charge in [0.2, 0.25) is 5.91 Å². The first-order valence-corrected chi connectivity index (χ1v) is 16.9. The predicted molar refractivity (Wildman–Crippen MR) is 179 cm³/mol. The number of hydrogen-bond acceptors (Lipinski definition) is 8. The molecule has 0 unspecified atom stereocenters. The number of halogens is 1. The number of nitrogens with zero attached hydrogens (tertiary/aromatic N) is 6. The predicted octanol–water partition coefficient (Wildman–Crippen LogP) is 5.02. The van der Waals surface area contributed by atoms with Crippen molar-refractivity contribution in [2.45, 2.75) is 69.0 Å². The maximum absolute atomic E-state index is 16.9. The molecule has 4 aliphatic rings. The molecule has 2 bridgehead atoms. The number of terminal acetylenes is 1. The Balaban J connectivity index is 1.20. The first kappa shape index (κ1) is 30.5. The fourth-order valence-electron chi connectivity index (χ4n) is 8.66. The van der Waals surface area contributed by atoms with E-state index in [0.29, 0.717) is 42.0 Å². The van der Waals surface area contributed by atoms with E-state index in [1.807, 2.05) is 41.3 Å². The monoisotopic (exact) mass is 648 g/mol. The Labute approximate surface area is 277 Å². The number of carboxylic acids is 1. The Morgan fingerprint density at radius 2 is 1.77 bits per heavy atom. The highest BCUT2D eigenvalue weighted by Gasteiger charge is 2.46. The number of fused-ring (bicyclic) bond motifs is 5. The van der Waals surface area contributed by atoms with Gasteiger partial charge in [-0.05, 0) is 63.1 Å². The van der Waals surface area contributed by atoms with Gasteiger partial charge in [0.15, 0.2) is 5.82 Å². The number of benzene rings is 2. The summed E-state index contributed by atoms with van der Waals surface area (Å²) in [6.45, 7) is 3.51. The molecule has 48 heavy (non-hydrogen) atoms. The molecule has 0 saturated carbocycles. The highest BCUT2D eigenvalue weighted by molar-refractivity contribution is 6.02. The van der Waals surface area contributed by atoms with Gasteiger partial charge in [-0.25, -0.2) is 4.39 Å². The number of aromatic nitrogens is 3. The van der Waals surface area contributed by atoms with E-state index in [0.717, 1.165) is 62.4 Å². The molecule has 4 saturated heterocycles. The molecule has 0 spiro atoms. The zero-order chi connectivity index (χ0) is 33.0. The van der Waals surface area contributed by atoms with E-state index in [1.54, 1.807) is 6.20 Å². The summed E-state index contributed by atoms with van der Waals surface area (Å²) in [6, 6.07) is 11.2. The van der Waals surface area contributed by atoms with Crippen molar-refractivity contribution < 1.29 is 23.8 Å². The minimum atomic E-state index is -0.986. The maximum Gasteiger partial charge on any atom is 0.319 e. The Bertz CT molecular complexity index is 1970. The molecule has 2 aromatic carbocycles. The maximum atomic E-state index is 16.9. The van der Waals surface area contributed by atoms with Gasteiger partial charge < -0.3 is 19.6 Å². The number of ether oxygens (including phenoxy) is 1. The number of anilines is 1. The molecule has 0 radical (unpaired) electrons. The standard InChI is InChI=1S/C37H37FN6O4/c1-2-23-7-3-8-24-9-4-10-27(31(23)24)33-32(38)34-28(19-39-33)35(41-36(40-34)48-22-37-15-5-17-43(37)18-6-16-37)42-20-25-11-12-26(21-42)44(25)29(45)13-14-30(46)47/h1,3-4,7-10,19,25-26H,5-6,11-18,20-22H2,(H,46,47)/t25-,26+. The molecule has 0 aliphatic carbocycles. The zero-order valence-electron chi connectivity index (χ0n) is 26.7. The second kappa shape index (κ2) is 12.0. The summed E-state index contributed by atoms with van der Waals surface area (Å²) in [4.78, 5) is 44.9. The van der Waals surface area contributed by atoms with Crippen LogP contribution in [0, 0.1) is 18.2 Å². The number of hydrogen-bond donors (Lipinski definition) is 1. The van der Waals surface area contributed by atoms with Crippen LogP contribution in [0.4, 0.5) is 10.2 Å². The quantitative estimate of drug-likeness (QED) is 0.264. The van der Waals surface area contributed by atoms with Gasteiger partial charge in [-0.1, -0.05) is 36.3 Å². The van der Waals surface area contributed by atoms with Crippen LogP contribution in [0.2, 0.25) is 0 Å². The first-order chi connectivity index (χ1) is 23.3. The molecule has 246 valence electrons. The zero-order valence-corrected chi connectivity index (χ0v) is 26.7. The highest BCUT2D eigenvalue weighted by atomic mass is 19.1. The molecule has 6 heterocycles. The molecule has 11 heteroatoms. The lowest BCUT2D eigenvalue weighted by atomic mass is 9.95. The second-order valence-corrected chi connectivity index (χ2v) is 13.6. The lowest BCUT2D eigenvalue weighted by Crippen LogP contribution is -2.56. The van der Waals surface area contributed by atoms with E-state index in [1.165, 1.54) is 0 Å². The lowest BCUT2D eigenvalue weighted by molar-refractivity contribution is -0.142. The second-order valence-electron chi connectivity index (χ2n) is 13.6. The third-order valence-electron chi connectivity index (χ3n) is 10.9. The van der Waals surface area contributed by atoms with Gasteiger partial charge in [-0.15, -0.1) is 6.42 Å². The molecule has 8 rings (SSSR count). The Kier molecular flexibility index (Phi) is 7.63. The normalized spacial score (nSPS) is 21.5. The summed E-state index contributed by atoms with van der Waals surface area (Å²) < 4.78 is 23.3. The number of carbonyl (C=O) groups excluding carboxylic acids is 1. The molecule has 10 nitrogen and oxygen atoms in total. The molecule has 2 aromatic heterocycles. The van der Waals surface area contributed by atoms with Crippen LogP contribution in [0.1, 0.15) is 56.9 Å². The minimum absolute atomic E-state index is 0.0248. The van der Waals surface area contributed by atoms with Crippen molar-refractivity contribution in [3.63, 3.8) is 0 Å². The summed E-state index contributed by atoms with van der Waals surface area (Å²) >= 11 is 0. The van der Waals surface area contributed by atoms with E-state index < -0.39 is 11.8 Å². The number of rotatable bonds is 8.